The van der Waals surface area contributed by atoms with Crippen LogP contribution in [-0.4, -0.2) is 41.1 Å². The molecule has 2 heterocycles. The Morgan fingerprint density at radius 3 is 2.74 bits per heavy atom. The Balaban J connectivity index is 1.43. The molecule has 1 saturated heterocycles. The van der Waals surface area contributed by atoms with Crippen LogP contribution in [0.1, 0.15) is 35.0 Å². The Bertz CT molecular complexity index is 1510. The van der Waals surface area contributed by atoms with Gasteiger partial charge in [0.1, 0.15) is 18.1 Å². The Hall–Kier alpha value is -4.33. The van der Waals surface area contributed by atoms with Crippen LogP contribution in [0.5, 0.6) is 0 Å². The molecule has 2 aromatic carbocycles. The number of nitrogens with one attached hydrogen (secondary N) is 1. The fourth-order valence-corrected chi connectivity index (χ4v) is 4.53. The van der Waals surface area contributed by atoms with Crippen molar-refractivity contribution in [2.24, 2.45) is 0 Å². The first-order chi connectivity index (χ1) is 18.3. The molecule has 0 spiro atoms. The van der Waals surface area contributed by atoms with Crippen molar-refractivity contribution < 1.29 is 28.3 Å². The molecule has 38 heavy (non-hydrogen) atoms. The lowest BCUT2D eigenvalue weighted by Crippen LogP contribution is -2.36. The summed E-state index contributed by atoms with van der Waals surface area (Å²) in [6, 6.07) is 16.6. The predicted octanol–water partition coefficient (Wildman–Crippen LogP) is 5.71. The van der Waals surface area contributed by atoms with E-state index in [9.17, 15) is 24.4 Å². The largest absolute Gasteiger partial charge is 0.462 e. The number of benzene rings is 2. The lowest BCUT2D eigenvalue weighted by Gasteiger charge is -2.13. The quantitative estimate of drug-likeness (QED) is 0.279. The standard InChI is InChI=1S/C27H20ClN3O6S/c1-2-11-36-26(34)20-12-17(7-9-21(20)28)30-24(32)15-31-25(33)23(38-27(31)35)13-18-8-10-22(37-18)19-6-4-3-5-16(19)14-29/h3-10,12-13H,2,11,15H2,1H3,(H,30,32)/b23-13+. The molecular weight excluding hydrogens is 530 g/mol. The molecule has 3 amide bonds. The van der Waals surface area contributed by atoms with Crippen LogP contribution in [0, 0.1) is 11.3 Å². The highest BCUT2D eigenvalue weighted by Crippen LogP contribution is 2.34. The van der Waals surface area contributed by atoms with Crippen LogP contribution in [-0.2, 0) is 14.3 Å². The minimum Gasteiger partial charge on any atom is -0.462 e. The number of furan rings is 1. The summed E-state index contributed by atoms with van der Waals surface area (Å²) >= 11 is 6.76. The van der Waals surface area contributed by atoms with E-state index in [1.807, 2.05) is 6.92 Å². The van der Waals surface area contributed by atoms with Gasteiger partial charge in [0, 0.05) is 17.3 Å². The highest BCUT2D eigenvalue weighted by atomic mass is 35.5. The molecule has 0 aliphatic carbocycles. The molecule has 3 aromatic rings. The number of hydrogen-bond acceptors (Lipinski definition) is 8. The number of nitrogens with zero attached hydrogens (tertiary/aromatic N) is 2. The molecule has 0 saturated carbocycles. The van der Waals surface area contributed by atoms with Gasteiger partial charge < -0.3 is 14.5 Å². The third kappa shape index (κ3) is 5.96. The van der Waals surface area contributed by atoms with Gasteiger partial charge in [0.25, 0.3) is 11.1 Å². The number of hydrogen-bond donors (Lipinski definition) is 1. The van der Waals surface area contributed by atoms with Crippen LogP contribution in [0.2, 0.25) is 5.02 Å². The molecule has 0 bridgehead atoms. The fraction of sp³-hybridized carbons (Fsp3) is 0.148. The Morgan fingerprint density at radius 2 is 1.97 bits per heavy atom. The van der Waals surface area contributed by atoms with Gasteiger partial charge in [-0.3, -0.25) is 19.3 Å². The first-order valence-corrected chi connectivity index (χ1v) is 12.6. The number of amides is 3. The zero-order chi connectivity index (χ0) is 27.2. The van der Waals surface area contributed by atoms with Crippen molar-refractivity contribution in [1.29, 1.82) is 5.26 Å². The maximum Gasteiger partial charge on any atom is 0.339 e. The minimum absolute atomic E-state index is 0.0854. The van der Waals surface area contributed by atoms with E-state index in [2.05, 4.69) is 11.4 Å². The number of thioether (sulfide) groups is 1. The number of imide groups is 1. The number of nitriles is 1. The van der Waals surface area contributed by atoms with Crippen molar-refractivity contribution in [1.82, 2.24) is 4.90 Å². The van der Waals surface area contributed by atoms with E-state index >= 15 is 0 Å². The minimum atomic E-state index is -0.648. The highest BCUT2D eigenvalue weighted by molar-refractivity contribution is 8.18. The molecule has 0 radical (unpaired) electrons. The highest BCUT2D eigenvalue weighted by Gasteiger charge is 2.36. The monoisotopic (exact) mass is 549 g/mol. The molecular formula is C27H20ClN3O6S. The normalized spacial score (nSPS) is 14.0. The lowest BCUT2D eigenvalue weighted by molar-refractivity contribution is -0.127. The van der Waals surface area contributed by atoms with Crippen LogP contribution >= 0.6 is 23.4 Å². The predicted molar refractivity (Wildman–Crippen MR) is 142 cm³/mol. The average Bonchev–Trinajstić information content (AvgIpc) is 3.48. The van der Waals surface area contributed by atoms with Gasteiger partial charge in [-0.1, -0.05) is 30.7 Å². The second-order valence-electron chi connectivity index (χ2n) is 8.01. The van der Waals surface area contributed by atoms with Gasteiger partial charge in [-0.05, 0) is 60.6 Å². The number of rotatable bonds is 8. The van der Waals surface area contributed by atoms with Gasteiger partial charge in [-0.15, -0.1) is 0 Å². The molecule has 192 valence electrons. The van der Waals surface area contributed by atoms with E-state index in [0.29, 0.717) is 40.8 Å². The van der Waals surface area contributed by atoms with E-state index in [0.717, 1.165) is 4.90 Å². The van der Waals surface area contributed by atoms with Crippen molar-refractivity contribution in [2.45, 2.75) is 13.3 Å². The second-order valence-corrected chi connectivity index (χ2v) is 9.41. The van der Waals surface area contributed by atoms with Crippen molar-refractivity contribution in [3.05, 3.63) is 81.4 Å². The summed E-state index contributed by atoms with van der Waals surface area (Å²) in [5, 5.41) is 11.4. The second kappa shape index (κ2) is 11.8. The number of esters is 1. The van der Waals surface area contributed by atoms with Crippen LogP contribution in [0.15, 0.2) is 63.9 Å². The molecule has 9 nitrogen and oxygen atoms in total. The van der Waals surface area contributed by atoms with Crippen molar-refractivity contribution >= 4 is 58.1 Å². The first kappa shape index (κ1) is 26.7. The zero-order valence-corrected chi connectivity index (χ0v) is 21.6. The van der Waals surface area contributed by atoms with Gasteiger partial charge >= 0.3 is 5.97 Å². The van der Waals surface area contributed by atoms with E-state index in [-0.39, 0.29) is 27.8 Å². The lowest BCUT2D eigenvalue weighted by atomic mass is 10.1. The topological polar surface area (TPSA) is 130 Å². The van der Waals surface area contributed by atoms with Crippen molar-refractivity contribution in [3.8, 4) is 17.4 Å². The van der Waals surface area contributed by atoms with Gasteiger partial charge in [0.15, 0.2) is 0 Å². The summed E-state index contributed by atoms with van der Waals surface area (Å²) in [5.41, 5.74) is 1.38. The summed E-state index contributed by atoms with van der Waals surface area (Å²) in [5.74, 6) is -1.16. The zero-order valence-electron chi connectivity index (χ0n) is 20.0. The maximum atomic E-state index is 12.8. The third-order valence-corrected chi connectivity index (χ3v) is 6.53. The molecule has 1 N–H and O–H groups in total. The number of halogens is 1. The molecule has 0 atom stereocenters. The van der Waals surface area contributed by atoms with Crippen LogP contribution in [0.4, 0.5) is 10.5 Å². The molecule has 4 rings (SSSR count). The maximum absolute atomic E-state index is 12.8. The number of carbonyl (C=O) groups excluding carboxylic acids is 4. The Morgan fingerprint density at radius 1 is 1.18 bits per heavy atom. The summed E-state index contributed by atoms with van der Waals surface area (Å²) in [6.07, 6.45) is 2.05. The summed E-state index contributed by atoms with van der Waals surface area (Å²) in [7, 11) is 0. The molecule has 1 aliphatic rings. The fourth-order valence-electron chi connectivity index (χ4n) is 3.51. The van der Waals surface area contributed by atoms with Gasteiger partial charge in [0.2, 0.25) is 5.91 Å². The number of ether oxygens (including phenoxy) is 1. The summed E-state index contributed by atoms with van der Waals surface area (Å²) in [4.78, 5) is 51.0. The number of carbonyl (C=O) groups is 4. The molecule has 1 fully saturated rings. The molecule has 1 aliphatic heterocycles. The van der Waals surface area contributed by atoms with E-state index in [1.165, 1.54) is 24.3 Å². The van der Waals surface area contributed by atoms with Gasteiger partial charge in [-0.25, -0.2) is 4.79 Å². The Kier molecular flexibility index (Phi) is 8.31. The number of anilines is 1. The summed E-state index contributed by atoms with van der Waals surface area (Å²) in [6.45, 7) is 1.55. The third-order valence-electron chi connectivity index (χ3n) is 5.30. The van der Waals surface area contributed by atoms with Crippen molar-refractivity contribution in [2.75, 3.05) is 18.5 Å². The molecule has 0 unspecified atom stereocenters. The van der Waals surface area contributed by atoms with Gasteiger partial charge in [-0.2, -0.15) is 5.26 Å². The van der Waals surface area contributed by atoms with Gasteiger partial charge in [0.05, 0.1) is 33.7 Å². The SMILES string of the molecule is CCCOC(=O)c1cc(NC(=O)CN2C(=O)S/C(=C/c3ccc(-c4ccccc4C#N)o3)C2=O)ccc1Cl. The first-order valence-electron chi connectivity index (χ1n) is 11.4. The van der Waals surface area contributed by atoms with E-state index in [1.54, 1.807) is 36.4 Å². The van der Waals surface area contributed by atoms with Crippen LogP contribution in [0.3, 0.4) is 0 Å². The van der Waals surface area contributed by atoms with E-state index in [4.69, 9.17) is 20.8 Å². The summed E-state index contributed by atoms with van der Waals surface area (Å²) < 4.78 is 10.9. The average molecular weight is 550 g/mol. The molecule has 1 aromatic heterocycles. The van der Waals surface area contributed by atoms with Crippen LogP contribution in [0.25, 0.3) is 17.4 Å². The Labute approximate surface area is 227 Å². The smallest absolute Gasteiger partial charge is 0.339 e. The van der Waals surface area contributed by atoms with Crippen molar-refractivity contribution in [3.63, 3.8) is 0 Å². The van der Waals surface area contributed by atoms with E-state index < -0.39 is 29.6 Å². The van der Waals surface area contributed by atoms with Crippen LogP contribution < -0.4 is 5.32 Å². The molecule has 11 heteroatoms.